The molecule has 1 aromatic heterocycles. The van der Waals surface area contributed by atoms with Crippen molar-refractivity contribution < 1.29 is 14.3 Å². The van der Waals surface area contributed by atoms with E-state index in [2.05, 4.69) is 64.1 Å². The molecule has 0 radical (unpaired) electrons. The number of esters is 1. The van der Waals surface area contributed by atoms with E-state index in [9.17, 15) is 9.59 Å². The van der Waals surface area contributed by atoms with E-state index in [0.29, 0.717) is 22.9 Å². The summed E-state index contributed by atoms with van der Waals surface area (Å²) in [7, 11) is 1.33. The number of methoxy groups -OCH3 is 1. The lowest BCUT2D eigenvalue weighted by Gasteiger charge is -2.29. The second kappa shape index (κ2) is 13.2. The van der Waals surface area contributed by atoms with Crippen LogP contribution in [0.5, 0.6) is 0 Å². The van der Waals surface area contributed by atoms with Gasteiger partial charge in [0.15, 0.2) is 0 Å². The molecule has 2 N–H and O–H groups in total. The third-order valence-corrected chi connectivity index (χ3v) is 8.54. The number of rotatable bonds is 8. The minimum absolute atomic E-state index is 0.300. The van der Waals surface area contributed by atoms with E-state index in [1.807, 2.05) is 12.3 Å². The number of nitrogens with zero attached hydrogens (tertiary/aromatic N) is 2. The molecule has 1 aliphatic heterocycles. The van der Waals surface area contributed by atoms with Crippen molar-refractivity contribution in [1.29, 1.82) is 0 Å². The monoisotopic (exact) mass is 574 g/mol. The first-order valence-electron chi connectivity index (χ1n) is 15.2. The van der Waals surface area contributed by atoms with Crippen molar-refractivity contribution in [3.63, 3.8) is 0 Å². The lowest BCUT2D eigenvalue weighted by Crippen LogP contribution is -2.29. The van der Waals surface area contributed by atoms with E-state index in [1.54, 1.807) is 24.3 Å². The van der Waals surface area contributed by atoms with Gasteiger partial charge in [0.2, 0.25) is 0 Å². The zero-order chi connectivity index (χ0) is 29.6. The first-order chi connectivity index (χ1) is 21.1. The number of carbonyl (C=O) groups excluding carboxylic acids is 2. The summed E-state index contributed by atoms with van der Waals surface area (Å²) in [5, 5.41) is 6.87. The average molecular weight is 575 g/mol. The van der Waals surface area contributed by atoms with Crippen molar-refractivity contribution in [2.75, 3.05) is 30.4 Å². The van der Waals surface area contributed by atoms with Gasteiger partial charge in [0.05, 0.1) is 24.1 Å². The van der Waals surface area contributed by atoms with E-state index in [-0.39, 0.29) is 5.91 Å². The molecule has 0 saturated carbocycles. The Hall–Kier alpha value is -4.49. The molecule has 0 bridgehead atoms. The Bertz CT molecular complexity index is 1610. The average Bonchev–Trinajstić information content (AvgIpc) is 3.07. The summed E-state index contributed by atoms with van der Waals surface area (Å²) in [5.74, 6) is -0.779. The Kier molecular flexibility index (Phi) is 8.80. The van der Waals surface area contributed by atoms with Crippen LogP contribution in [0.1, 0.15) is 75.6 Å². The van der Waals surface area contributed by atoms with Crippen LogP contribution in [0, 0.1) is 0 Å². The topological polar surface area (TPSA) is 83.6 Å². The maximum Gasteiger partial charge on any atom is 0.337 e. The summed E-state index contributed by atoms with van der Waals surface area (Å²) in [4.78, 5) is 32.6. The minimum atomic E-state index is -0.479. The van der Waals surface area contributed by atoms with Crippen LogP contribution in [-0.2, 0) is 17.7 Å². The summed E-state index contributed by atoms with van der Waals surface area (Å²) in [6.07, 6.45) is 8.90. The number of pyridine rings is 1. The number of nitrogens with one attached hydrogen (secondary N) is 2. The van der Waals surface area contributed by atoms with Crippen molar-refractivity contribution in [1.82, 2.24) is 10.3 Å². The van der Waals surface area contributed by atoms with Crippen LogP contribution in [0.15, 0.2) is 85.1 Å². The van der Waals surface area contributed by atoms with Crippen LogP contribution in [-0.4, -0.2) is 37.1 Å². The largest absolute Gasteiger partial charge is 0.465 e. The minimum Gasteiger partial charge on any atom is -0.465 e. The molecule has 0 spiro atoms. The normalized spacial score (nSPS) is 16.3. The highest BCUT2D eigenvalue weighted by Crippen LogP contribution is 2.34. The van der Waals surface area contributed by atoms with E-state index in [4.69, 9.17) is 9.72 Å². The predicted molar refractivity (Wildman–Crippen MR) is 170 cm³/mol. The molecule has 43 heavy (non-hydrogen) atoms. The number of ether oxygens (including phenoxy) is 1. The van der Waals surface area contributed by atoms with Crippen molar-refractivity contribution in [2.45, 2.75) is 51.1 Å². The van der Waals surface area contributed by atoms with E-state index >= 15 is 0 Å². The number of fused-ring (bicyclic) bond motifs is 1. The smallest absolute Gasteiger partial charge is 0.337 e. The molecular weight excluding hydrogens is 536 g/mol. The molecule has 7 heteroatoms. The second-order valence-electron chi connectivity index (χ2n) is 11.4. The summed E-state index contributed by atoms with van der Waals surface area (Å²) >= 11 is 0. The van der Waals surface area contributed by atoms with Gasteiger partial charge >= 0.3 is 5.97 Å². The Balaban J connectivity index is 1.28. The molecular formula is C36H38N4O3. The fourth-order valence-electron chi connectivity index (χ4n) is 6.24. The van der Waals surface area contributed by atoms with E-state index in [0.717, 1.165) is 55.0 Å². The highest BCUT2D eigenvalue weighted by Gasteiger charge is 2.20. The predicted octanol–water partition coefficient (Wildman–Crippen LogP) is 6.95. The summed E-state index contributed by atoms with van der Waals surface area (Å²) < 4.78 is 4.84. The summed E-state index contributed by atoms with van der Waals surface area (Å²) in [5.41, 5.74) is 8.17. The van der Waals surface area contributed by atoms with Crippen LogP contribution in [0.4, 0.5) is 11.4 Å². The number of hydrogen-bond acceptors (Lipinski definition) is 6. The SMILES string of the molecule is COC(=O)c1cccc(C(=O)Nc2ccc(N3CCCCC3)cc2-c2cc(CNC3CCCc4ccccc43)ccn2)c1. The summed E-state index contributed by atoms with van der Waals surface area (Å²) in [6, 6.07) is 26.0. The highest BCUT2D eigenvalue weighted by molar-refractivity contribution is 6.07. The van der Waals surface area contributed by atoms with Gasteiger partial charge in [-0.1, -0.05) is 30.3 Å². The molecule has 4 aromatic rings. The van der Waals surface area contributed by atoms with Gasteiger partial charge in [-0.05, 0) is 104 Å². The van der Waals surface area contributed by atoms with E-state index < -0.39 is 5.97 Å². The zero-order valence-corrected chi connectivity index (χ0v) is 24.6. The third-order valence-electron chi connectivity index (χ3n) is 8.54. The molecule has 1 aliphatic carbocycles. The number of anilines is 2. The zero-order valence-electron chi connectivity index (χ0n) is 24.6. The van der Waals surface area contributed by atoms with Crippen LogP contribution >= 0.6 is 0 Å². The van der Waals surface area contributed by atoms with Gasteiger partial charge in [-0.3, -0.25) is 9.78 Å². The first kappa shape index (κ1) is 28.6. The molecule has 1 fully saturated rings. The number of hydrogen-bond donors (Lipinski definition) is 2. The van der Waals surface area contributed by atoms with Gasteiger partial charge in [0.25, 0.3) is 5.91 Å². The van der Waals surface area contributed by atoms with Gasteiger partial charge in [-0.25, -0.2) is 4.79 Å². The highest BCUT2D eigenvalue weighted by atomic mass is 16.5. The fourth-order valence-corrected chi connectivity index (χ4v) is 6.24. The van der Waals surface area contributed by atoms with Gasteiger partial charge in [-0.2, -0.15) is 0 Å². The maximum atomic E-state index is 13.4. The Morgan fingerprint density at radius 1 is 0.907 bits per heavy atom. The molecule has 2 heterocycles. The molecule has 220 valence electrons. The number of aryl methyl sites for hydroxylation is 1. The molecule has 1 amide bonds. The Labute approximate surface area is 253 Å². The van der Waals surface area contributed by atoms with Crippen molar-refractivity contribution in [3.8, 4) is 11.3 Å². The number of amides is 1. The molecule has 1 unspecified atom stereocenters. The van der Waals surface area contributed by atoms with Crippen molar-refractivity contribution >= 4 is 23.3 Å². The molecule has 1 saturated heterocycles. The standard InChI is InChI=1S/C36H38N4O3/c1-43-36(42)28-12-7-11-27(22-28)35(41)39-33-16-15-29(40-19-5-2-6-20-40)23-31(33)34-21-25(17-18-37-34)24-38-32-14-8-10-26-9-3-4-13-30(26)32/h3-4,7,9,11-13,15-18,21-23,32,38H,2,5-6,8,10,14,19-20,24H2,1H3,(H,39,41). The molecule has 6 rings (SSSR count). The lowest BCUT2D eigenvalue weighted by atomic mass is 9.87. The van der Waals surface area contributed by atoms with Crippen LogP contribution in [0.3, 0.4) is 0 Å². The quantitative estimate of drug-likeness (QED) is 0.222. The Morgan fingerprint density at radius 3 is 2.60 bits per heavy atom. The third kappa shape index (κ3) is 6.62. The van der Waals surface area contributed by atoms with Gasteiger partial charge in [0, 0.05) is 48.7 Å². The molecule has 2 aliphatic rings. The number of carbonyl (C=O) groups is 2. The number of aromatic nitrogens is 1. The van der Waals surface area contributed by atoms with Gasteiger partial charge < -0.3 is 20.3 Å². The molecule has 3 aromatic carbocycles. The number of benzene rings is 3. The maximum absolute atomic E-state index is 13.4. The van der Waals surface area contributed by atoms with Crippen LogP contribution in [0.25, 0.3) is 11.3 Å². The van der Waals surface area contributed by atoms with Crippen LogP contribution in [0.2, 0.25) is 0 Å². The van der Waals surface area contributed by atoms with Gasteiger partial charge in [0.1, 0.15) is 0 Å². The van der Waals surface area contributed by atoms with Crippen LogP contribution < -0.4 is 15.5 Å². The fraction of sp³-hybridized carbons (Fsp3) is 0.306. The van der Waals surface area contributed by atoms with E-state index in [1.165, 1.54) is 43.9 Å². The second-order valence-corrected chi connectivity index (χ2v) is 11.4. The molecule has 1 atom stereocenters. The van der Waals surface area contributed by atoms with Crippen molar-refractivity contribution in [3.05, 3.63) is 113 Å². The number of piperidine rings is 1. The van der Waals surface area contributed by atoms with Gasteiger partial charge in [-0.15, -0.1) is 0 Å². The summed E-state index contributed by atoms with van der Waals surface area (Å²) in [6.45, 7) is 2.76. The first-order valence-corrected chi connectivity index (χ1v) is 15.2. The Morgan fingerprint density at radius 2 is 1.74 bits per heavy atom. The lowest BCUT2D eigenvalue weighted by molar-refractivity contribution is 0.0600. The van der Waals surface area contributed by atoms with Crippen molar-refractivity contribution in [2.24, 2.45) is 0 Å². The molecule has 7 nitrogen and oxygen atoms in total.